The van der Waals surface area contributed by atoms with Crippen LogP contribution >= 0.6 is 11.3 Å². The molecule has 1 N–H and O–H groups in total. The van der Waals surface area contributed by atoms with E-state index >= 15 is 0 Å². The molecule has 1 heterocycles. The number of rotatable bonds is 2. The summed E-state index contributed by atoms with van der Waals surface area (Å²) in [5.41, 5.74) is 1.27. The second-order valence-corrected chi connectivity index (χ2v) is 5.39. The molecule has 1 aliphatic rings. The van der Waals surface area contributed by atoms with Gasteiger partial charge in [-0.2, -0.15) is 0 Å². The molecule has 15 heavy (non-hydrogen) atoms. The van der Waals surface area contributed by atoms with Gasteiger partial charge >= 0.3 is 5.97 Å². The Hall–Kier alpha value is -0.830. The number of aliphatic carboxylic acids is 1. The van der Waals surface area contributed by atoms with E-state index in [1.165, 1.54) is 16.9 Å². The molecule has 2 atom stereocenters. The van der Waals surface area contributed by atoms with Gasteiger partial charge in [0, 0.05) is 4.88 Å². The Morgan fingerprint density at radius 1 is 1.47 bits per heavy atom. The zero-order valence-corrected chi connectivity index (χ0v) is 9.72. The first kappa shape index (κ1) is 10.7. The van der Waals surface area contributed by atoms with Crippen LogP contribution in [0.3, 0.4) is 0 Å². The third-order valence-corrected chi connectivity index (χ3v) is 4.24. The maximum Gasteiger partial charge on any atom is 0.307 e. The van der Waals surface area contributed by atoms with Crippen LogP contribution in [0.1, 0.15) is 42.0 Å². The lowest BCUT2D eigenvalue weighted by atomic mass is 9.75. The van der Waals surface area contributed by atoms with E-state index in [9.17, 15) is 9.90 Å². The van der Waals surface area contributed by atoms with Crippen LogP contribution in [0.4, 0.5) is 0 Å². The number of carbonyl (C=O) groups is 1. The van der Waals surface area contributed by atoms with Crippen LogP contribution in [-0.4, -0.2) is 11.1 Å². The van der Waals surface area contributed by atoms with E-state index < -0.39 is 5.97 Å². The van der Waals surface area contributed by atoms with Gasteiger partial charge in [-0.1, -0.05) is 12.8 Å². The van der Waals surface area contributed by atoms with Gasteiger partial charge in [0.25, 0.3) is 0 Å². The summed E-state index contributed by atoms with van der Waals surface area (Å²) in [5.74, 6) is -0.528. The number of carboxylic acid groups (broad SMARTS) is 1. The van der Waals surface area contributed by atoms with Crippen LogP contribution in [0.5, 0.6) is 0 Å². The number of thiophene rings is 1. The Bertz CT molecular complexity index is 356. The predicted molar refractivity (Wildman–Crippen MR) is 61.4 cm³/mol. The third-order valence-electron chi connectivity index (χ3n) is 3.38. The van der Waals surface area contributed by atoms with E-state index in [1.807, 2.05) is 0 Å². The minimum atomic E-state index is -0.620. The monoisotopic (exact) mass is 224 g/mol. The Morgan fingerprint density at radius 2 is 2.20 bits per heavy atom. The first-order valence-corrected chi connectivity index (χ1v) is 6.35. The minimum absolute atomic E-state index is 0.160. The van der Waals surface area contributed by atoms with Crippen molar-refractivity contribution in [2.45, 2.75) is 38.5 Å². The smallest absolute Gasteiger partial charge is 0.307 e. The van der Waals surface area contributed by atoms with Crippen LogP contribution in [0.25, 0.3) is 0 Å². The highest BCUT2D eigenvalue weighted by Crippen LogP contribution is 2.40. The van der Waals surface area contributed by atoms with Gasteiger partial charge in [0.2, 0.25) is 0 Å². The molecule has 2 nitrogen and oxygen atoms in total. The molecule has 82 valence electrons. The SMILES string of the molecule is Cc1sccc1C1CCCCC1C(=O)O. The molecule has 1 aromatic rings. The molecule has 1 aromatic heterocycles. The fraction of sp³-hybridized carbons (Fsp3) is 0.583. The minimum Gasteiger partial charge on any atom is -0.481 e. The second kappa shape index (κ2) is 4.35. The van der Waals surface area contributed by atoms with Crippen LogP contribution < -0.4 is 0 Å². The van der Waals surface area contributed by atoms with Crippen molar-refractivity contribution < 1.29 is 9.90 Å². The molecule has 1 saturated carbocycles. The van der Waals surface area contributed by atoms with E-state index in [-0.39, 0.29) is 11.8 Å². The topological polar surface area (TPSA) is 37.3 Å². The summed E-state index contributed by atoms with van der Waals surface area (Å²) in [6.45, 7) is 2.09. The quantitative estimate of drug-likeness (QED) is 0.835. The summed E-state index contributed by atoms with van der Waals surface area (Å²) in [4.78, 5) is 12.5. The van der Waals surface area contributed by atoms with Gasteiger partial charge in [0.05, 0.1) is 5.92 Å². The number of carboxylic acids is 1. The van der Waals surface area contributed by atoms with Crippen molar-refractivity contribution in [3.8, 4) is 0 Å². The molecular weight excluding hydrogens is 208 g/mol. The van der Waals surface area contributed by atoms with E-state index in [0.717, 1.165) is 19.3 Å². The van der Waals surface area contributed by atoms with E-state index in [2.05, 4.69) is 18.4 Å². The molecule has 0 aliphatic heterocycles. The average molecular weight is 224 g/mol. The van der Waals surface area contributed by atoms with Crippen molar-refractivity contribution >= 4 is 17.3 Å². The zero-order valence-electron chi connectivity index (χ0n) is 8.90. The lowest BCUT2D eigenvalue weighted by molar-refractivity contribution is -0.143. The molecule has 2 unspecified atom stereocenters. The maximum absolute atomic E-state index is 11.2. The summed E-state index contributed by atoms with van der Waals surface area (Å²) in [6.07, 6.45) is 4.12. The van der Waals surface area contributed by atoms with Crippen molar-refractivity contribution in [2.75, 3.05) is 0 Å². The largest absolute Gasteiger partial charge is 0.481 e. The highest BCUT2D eigenvalue weighted by Gasteiger charge is 2.32. The summed E-state index contributed by atoms with van der Waals surface area (Å²) in [7, 11) is 0. The Morgan fingerprint density at radius 3 is 2.80 bits per heavy atom. The standard InChI is InChI=1S/C12H16O2S/c1-8-9(6-7-15-8)10-4-2-3-5-11(10)12(13)14/h6-7,10-11H,2-5H2,1H3,(H,13,14). The van der Waals surface area contributed by atoms with Gasteiger partial charge in [0.1, 0.15) is 0 Å². The van der Waals surface area contributed by atoms with Gasteiger partial charge in [0.15, 0.2) is 0 Å². The van der Waals surface area contributed by atoms with Crippen LogP contribution in [0.15, 0.2) is 11.4 Å². The Labute approximate surface area is 93.9 Å². The first-order valence-electron chi connectivity index (χ1n) is 5.47. The maximum atomic E-state index is 11.2. The van der Waals surface area contributed by atoms with E-state index in [0.29, 0.717) is 0 Å². The van der Waals surface area contributed by atoms with E-state index in [4.69, 9.17) is 0 Å². The molecule has 1 aliphatic carbocycles. The second-order valence-electron chi connectivity index (χ2n) is 4.27. The Balaban J connectivity index is 2.25. The summed E-state index contributed by atoms with van der Waals surface area (Å²) in [6, 6.07) is 2.10. The van der Waals surface area contributed by atoms with Crippen molar-refractivity contribution in [1.29, 1.82) is 0 Å². The highest BCUT2D eigenvalue weighted by molar-refractivity contribution is 7.10. The predicted octanol–water partition coefficient (Wildman–Crippen LogP) is 3.41. The van der Waals surface area contributed by atoms with Crippen LogP contribution in [-0.2, 0) is 4.79 Å². The van der Waals surface area contributed by atoms with Gasteiger partial charge in [-0.15, -0.1) is 11.3 Å². The fourth-order valence-corrected chi connectivity index (χ4v) is 3.35. The number of hydrogen-bond acceptors (Lipinski definition) is 2. The van der Waals surface area contributed by atoms with Crippen molar-refractivity contribution in [3.63, 3.8) is 0 Å². The fourth-order valence-electron chi connectivity index (χ4n) is 2.58. The molecule has 0 radical (unpaired) electrons. The van der Waals surface area contributed by atoms with Gasteiger partial charge in [-0.25, -0.2) is 0 Å². The first-order chi connectivity index (χ1) is 7.20. The molecule has 0 spiro atoms. The number of hydrogen-bond donors (Lipinski definition) is 1. The van der Waals surface area contributed by atoms with Crippen molar-refractivity contribution in [3.05, 3.63) is 21.9 Å². The molecule has 0 amide bonds. The van der Waals surface area contributed by atoms with Gasteiger partial charge in [-0.05, 0) is 42.7 Å². The zero-order chi connectivity index (χ0) is 10.8. The van der Waals surface area contributed by atoms with Gasteiger partial charge < -0.3 is 5.11 Å². The number of aryl methyl sites for hydroxylation is 1. The highest BCUT2D eigenvalue weighted by atomic mass is 32.1. The molecule has 0 aromatic carbocycles. The lowest BCUT2D eigenvalue weighted by Gasteiger charge is -2.28. The van der Waals surface area contributed by atoms with Crippen molar-refractivity contribution in [1.82, 2.24) is 0 Å². The molecule has 0 saturated heterocycles. The van der Waals surface area contributed by atoms with Crippen molar-refractivity contribution in [2.24, 2.45) is 5.92 Å². The molecule has 0 bridgehead atoms. The summed E-state index contributed by atoms with van der Waals surface area (Å²) in [5, 5.41) is 11.3. The van der Waals surface area contributed by atoms with E-state index in [1.54, 1.807) is 11.3 Å². The van der Waals surface area contributed by atoms with Crippen LogP contribution in [0.2, 0.25) is 0 Å². The average Bonchev–Trinajstić information content (AvgIpc) is 2.64. The third kappa shape index (κ3) is 2.07. The summed E-state index contributed by atoms with van der Waals surface area (Å²) < 4.78 is 0. The Kier molecular flexibility index (Phi) is 3.10. The van der Waals surface area contributed by atoms with Crippen LogP contribution in [0, 0.1) is 12.8 Å². The van der Waals surface area contributed by atoms with Gasteiger partial charge in [-0.3, -0.25) is 4.79 Å². The lowest BCUT2D eigenvalue weighted by Crippen LogP contribution is -2.25. The molecule has 1 fully saturated rings. The normalized spacial score (nSPS) is 26.5. The summed E-state index contributed by atoms with van der Waals surface area (Å²) >= 11 is 1.72. The molecule has 2 rings (SSSR count). The molecule has 3 heteroatoms. The molecular formula is C12H16O2S.